The smallest absolute Gasteiger partial charge is 0.326 e. The van der Waals surface area contributed by atoms with Crippen molar-refractivity contribution < 1.29 is 33.6 Å². The average molecular weight is 412 g/mol. The number of nitrogens with zero attached hydrogens (tertiary/aromatic N) is 2. The second kappa shape index (κ2) is 8.52. The van der Waals surface area contributed by atoms with Gasteiger partial charge in [-0.25, -0.2) is 0 Å². The number of fused-ring (bicyclic) bond motifs is 1. The molecule has 0 N–H and O–H groups in total. The van der Waals surface area contributed by atoms with E-state index in [0.717, 1.165) is 6.07 Å². The van der Waals surface area contributed by atoms with Crippen LogP contribution in [0.2, 0.25) is 0 Å². The molecule has 0 radical (unpaired) electrons. The number of esters is 1. The maximum absolute atomic E-state index is 12.4. The molecule has 0 atom stereocenters. The third-order valence-corrected chi connectivity index (χ3v) is 4.31. The lowest BCUT2D eigenvalue weighted by molar-refractivity contribution is -0.385. The van der Waals surface area contributed by atoms with Gasteiger partial charge in [0.1, 0.15) is 17.9 Å². The summed E-state index contributed by atoms with van der Waals surface area (Å²) in [7, 11) is 0. The van der Waals surface area contributed by atoms with Crippen molar-refractivity contribution in [2.45, 2.75) is 6.92 Å². The Morgan fingerprint density at radius 2 is 1.77 bits per heavy atom. The second-order valence-electron chi connectivity index (χ2n) is 6.19. The molecule has 0 saturated carbocycles. The zero-order valence-corrected chi connectivity index (χ0v) is 15.8. The quantitative estimate of drug-likeness (QED) is 0.211. The Kier molecular flexibility index (Phi) is 5.86. The summed E-state index contributed by atoms with van der Waals surface area (Å²) in [5, 5.41) is 11.1. The number of ketones is 1. The van der Waals surface area contributed by atoms with Gasteiger partial charge in [-0.2, -0.15) is 0 Å². The highest BCUT2D eigenvalue weighted by molar-refractivity contribution is 6.24. The van der Waals surface area contributed by atoms with Crippen LogP contribution in [0.3, 0.4) is 0 Å². The van der Waals surface area contributed by atoms with E-state index in [-0.39, 0.29) is 11.1 Å². The summed E-state index contributed by atoms with van der Waals surface area (Å²) in [5.74, 6) is -2.69. The number of nitro groups is 1. The largest absolute Gasteiger partial charge is 0.494 e. The van der Waals surface area contributed by atoms with E-state index in [4.69, 9.17) is 9.47 Å². The lowest BCUT2D eigenvalue weighted by atomic mass is 10.1. The number of rotatable bonds is 8. The lowest BCUT2D eigenvalue weighted by Crippen LogP contribution is -2.36. The van der Waals surface area contributed by atoms with Crippen LogP contribution in [0.5, 0.6) is 5.75 Å². The number of carbonyl (C=O) groups excluding carboxylic acids is 4. The molecule has 0 bridgehead atoms. The van der Waals surface area contributed by atoms with Gasteiger partial charge in [0.25, 0.3) is 17.5 Å². The summed E-state index contributed by atoms with van der Waals surface area (Å²) >= 11 is 0. The molecule has 1 aliphatic heterocycles. The number of benzene rings is 2. The zero-order chi connectivity index (χ0) is 21.8. The molecule has 154 valence electrons. The van der Waals surface area contributed by atoms with E-state index in [9.17, 15) is 29.3 Å². The van der Waals surface area contributed by atoms with Gasteiger partial charge in [-0.1, -0.05) is 6.07 Å². The summed E-state index contributed by atoms with van der Waals surface area (Å²) in [6, 6.07) is 9.88. The Labute approximate surface area is 170 Å². The van der Waals surface area contributed by atoms with Gasteiger partial charge >= 0.3 is 5.97 Å². The molecule has 2 amide bonds. The minimum absolute atomic E-state index is 0.160. The van der Waals surface area contributed by atoms with Crippen LogP contribution in [-0.4, -0.2) is 53.1 Å². The number of ether oxygens (including phenoxy) is 2. The van der Waals surface area contributed by atoms with E-state index in [1.807, 2.05) is 6.92 Å². The summed E-state index contributed by atoms with van der Waals surface area (Å²) in [6.07, 6.45) is 0. The van der Waals surface area contributed by atoms with Crippen molar-refractivity contribution in [2.24, 2.45) is 0 Å². The Bertz CT molecular complexity index is 1050. The van der Waals surface area contributed by atoms with E-state index in [0.29, 0.717) is 22.8 Å². The molecule has 10 nitrogen and oxygen atoms in total. The predicted molar refractivity (Wildman–Crippen MR) is 101 cm³/mol. The number of Topliss-reactive ketones (excluding diaryl/α,β-unsaturated/α-hetero) is 1. The van der Waals surface area contributed by atoms with Crippen LogP contribution in [-0.2, 0) is 9.53 Å². The van der Waals surface area contributed by atoms with Gasteiger partial charge in [-0.05, 0) is 37.3 Å². The summed E-state index contributed by atoms with van der Waals surface area (Å²) in [4.78, 5) is 59.9. The van der Waals surface area contributed by atoms with Crippen molar-refractivity contribution in [3.8, 4) is 5.75 Å². The van der Waals surface area contributed by atoms with Gasteiger partial charge in [0.05, 0.1) is 17.1 Å². The highest BCUT2D eigenvalue weighted by Gasteiger charge is 2.41. The molecular weight excluding hydrogens is 396 g/mol. The van der Waals surface area contributed by atoms with Gasteiger partial charge < -0.3 is 9.47 Å². The topological polar surface area (TPSA) is 133 Å². The van der Waals surface area contributed by atoms with Crippen LogP contribution in [0.15, 0.2) is 42.5 Å². The molecule has 10 heteroatoms. The Morgan fingerprint density at radius 3 is 2.40 bits per heavy atom. The first kappa shape index (κ1) is 20.6. The van der Waals surface area contributed by atoms with Crippen LogP contribution in [0.4, 0.5) is 5.69 Å². The minimum Gasteiger partial charge on any atom is -0.494 e. The van der Waals surface area contributed by atoms with Crippen molar-refractivity contribution in [1.29, 1.82) is 0 Å². The Hall–Kier alpha value is -4.08. The first-order chi connectivity index (χ1) is 14.3. The van der Waals surface area contributed by atoms with Crippen LogP contribution in [0.1, 0.15) is 38.0 Å². The fourth-order valence-corrected chi connectivity index (χ4v) is 2.92. The fraction of sp³-hybridized carbons (Fsp3) is 0.200. The highest BCUT2D eigenvalue weighted by Crippen LogP contribution is 2.30. The molecule has 0 fully saturated rings. The van der Waals surface area contributed by atoms with Gasteiger partial charge in [0.15, 0.2) is 12.4 Å². The second-order valence-corrected chi connectivity index (χ2v) is 6.19. The molecule has 3 rings (SSSR count). The molecule has 0 unspecified atom stereocenters. The molecule has 0 aliphatic carbocycles. The molecule has 0 aromatic heterocycles. The third kappa shape index (κ3) is 4.02. The van der Waals surface area contributed by atoms with Crippen molar-refractivity contribution in [2.75, 3.05) is 19.8 Å². The monoisotopic (exact) mass is 412 g/mol. The lowest BCUT2D eigenvalue weighted by Gasteiger charge is -2.12. The molecule has 1 heterocycles. The molecule has 0 spiro atoms. The Morgan fingerprint density at radius 1 is 1.07 bits per heavy atom. The summed E-state index contributed by atoms with van der Waals surface area (Å²) in [5.41, 5.74) is -0.756. The van der Waals surface area contributed by atoms with Crippen molar-refractivity contribution in [3.05, 3.63) is 69.3 Å². The summed E-state index contributed by atoms with van der Waals surface area (Å²) in [6.45, 7) is 0.952. The molecule has 0 saturated heterocycles. The average Bonchev–Trinajstić information content (AvgIpc) is 2.97. The van der Waals surface area contributed by atoms with Crippen LogP contribution in [0.25, 0.3) is 0 Å². The number of hydrogen-bond acceptors (Lipinski definition) is 8. The van der Waals surface area contributed by atoms with Gasteiger partial charge in [-0.3, -0.25) is 34.2 Å². The highest BCUT2D eigenvalue weighted by atomic mass is 16.6. The van der Waals surface area contributed by atoms with Crippen LogP contribution >= 0.6 is 0 Å². The normalized spacial score (nSPS) is 12.5. The van der Waals surface area contributed by atoms with Crippen molar-refractivity contribution >= 4 is 29.3 Å². The number of nitro benzene ring substituents is 1. The number of carbonyl (C=O) groups is 4. The minimum atomic E-state index is -0.994. The first-order valence-corrected chi connectivity index (χ1v) is 8.88. The number of amides is 2. The maximum atomic E-state index is 12.4. The van der Waals surface area contributed by atoms with Gasteiger partial charge in [0.2, 0.25) is 0 Å². The van der Waals surface area contributed by atoms with E-state index in [1.54, 1.807) is 12.1 Å². The van der Waals surface area contributed by atoms with E-state index in [2.05, 4.69) is 0 Å². The number of imide groups is 1. The van der Waals surface area contributed by atoms with Gasteiger partial charge in [0, 0.05) is 11.6 Å². The van der Waals surface area contributed by atoms with E-state index in [1.165, 1.54) is 24.3 Å². The van der Waals surface area contributed by atoms with Crippen LogP contribution in [0, 0.1) is 10.1 Å². The molecule has 1 aliphatic rings. The SMILES string of the molecule is CCOc1ccc(C(=O)COC(=O)CN2C(=O)c3cccc([N+](=O)[O-])c3C2=O)cc1. The molecule has 2 aromatic carbocycles. The van der Waals surface area contributed by atoms with Crippen LogP contribution < -0.4 is 4.74 Å². The van der Waals surface area contributed by atoms with Gasteiger partial charge in [-0.15, -0.1) is 0 Å². The van der Waals surface area contributed by atoms with Crippen molar-refractivity contribution in [1.82, 2.24) is 4.90 Å². The molecular formula is C20H16N2O8. The fourth-order valence-electron chi connectivity index (χ4n) is 2.92. The standard InChI is InChI=1S/C20H16N2O8/c1-2-29-13-8-6-12(7-9-13)16(23)11-30-17(24)10-21-19(25)14-4-3-5-15(22(27)28)18(14)20(21)26/h3-9H,2,10-11H2,1H3. The maximum Gasteiger partial charge on any atom is 0.326 e. The molecule has 30 heavy (non-hydrogen) atoms. The summed E-state index contributed by atoms with van der Waals surface area (Å²) < 4.78 is 10.1. The zero-order valence-electron chi connectivity index (χ0n) is 15.8. The number of hydrogen-bond donors (Lipinski definition) is 0. The third-order valence-electron chi connectivity index (χ3n) is 4.31. The predicted octanol–water partition coefficient (Wildman–Crippen LogP) is 2.02. The van der Waals surface area contributed by atoms with E-state index < -0.39 is 47.3 Å². The molecule has 2 aromatic rings. The first-order valence-electron chi connectivity index (χ1n) is 8.88. The Balaban J connectivity index is 1.62. The van der Waals surface area contributed by atoms with E-state index >= 15 is 0 Å². The van der Waals surface area contributed by atoms with Crippen molar-refractivity contribution in [3.63, 3.8) is 0 Å².